The lowest BCUT2D eigenvalue weighted by atomic mass is 9.92. The molecular weight excluding hydrogens is 240 g/mol. The third-order valence-corrected chi connectivity index (χ3v) is 4.19. The molecule has 1 fully saturated rings. The number of para-hydroxylation sites is 1. The largest absolute Gasteiger partial charge is 0.493 e. The zero-order valence-electron chi connectivity index (χ0n) is 11.0. The van der Waals surface area contributed by atoms with Crippen molar-refractivity contribution < 1.29 is 9.53 Å². The van der Waals surface area contributed by atoms with Crippen molar-refractivity contribution in [2.75, 3.05) is 26.2 Å². The number of likely N-dealkylation sites (tertiary alicyclic amines) is 1. The Balaban J connectivity index is 1.78. The summed E-state index contributed by atoms with van der Waals surface area (Å²) in [6, 6.07) is 7.88. The molecule has 1 aromatic carbocycles. The van der Waals surface area contributed by atoms with Gasteiger partial charge in [-0.15, -0.1) is 0 Å². The molecule has 2 heterocycles. The fourth-order valence-corrected chi connectivity index (χ4v) is 3.04. The highest BCUT2D eigenvalue weighted by atomic mass is 16.5. The standard InChI is InChI=1S/C15H20N2O2/c16-9-11-5-7-17(10-11)15(18)13-6-8-19-14-4-2-1-3-12(13)14/h1-4,11,13H,5-10,16H2/t11-,13-/m0/s1. The van der Waals surface area contributed by atoms with E-state index in [1.165, 1.54) is 0 Å². The number of fused-ring (bicyclic) bond motifs is 1. The first-order valence-electron chi connectivity index (χ1n) is 7.00. The zero-order chi connectivity index (χ0) is 13.2. The number of amides is 1. The van der Waals surface area contributed by atoms with Crippen LogP contribution in [0.25, 0.3) is 0 Å². The quantitative estimate of drug-likeness (QED) is 0.873. The predicted molar refractivity (Wildman–Crippen MR) is 73.0 cm³/mol. The fourth-order valence-electron chi connectivity index (χ4n) is 3.04. The summed E-state index contributed by atoms with van der Waals surface area (Å²) in [6.07, 6.45) is 1.81. The van der Waals surface area contributed by atoms with E-state index in [1.807, 2.05) is 29.2 Å². The smallest absolute Gasteiger partial charge is 0.230 e. The fraction of sp³-hybridized carbons (Fsp3) is 0.533. The molecule has 1 saturated heterocycles. The van der Waals surface area contributed by atoms with Crippen molar-refractivity contribution >= 4 is 5.91 Å². The van der Waals surface area contributed by atoms with Gasteiger partial charge in [-0.3, -0.25) is 4.79 Å². The summed E-state index contributed by atoms with van der Waals surface area (Å²) in [4.78, 5) is 14.6. The predicted octanol–water partition coefficient (Wildman–Crippen LogP) is 1.36. The van der Waals surface area contributed by atoms with Crippen LogP contribution in [0.4, 0.5) is 0 Å². The first-order chi connectivity index (χ1) is 9.29. The van der Waals surface area contributed by atoms with Gasteiger partial charge in [0.15, 0.2) is 0 Å². The van der Waals surface area contributed by atoms with E-state index in [0.29, 0.717) is 19.1 Å². The van der Waals surface area contributed by atoms with Crippen LogP contribution in [-0.2, 0) is 4.79 Å². The average molecular weight is 260 g/mol. The summed E-state index contributed by atoms with van der Waals surface area (Å²) < 4.78 is 5.62. The van der Waals surface area contributed by atoms with Gasteiger partial charge in [-0.25, -0.2) is 0 Å². The number of carbonyl (C=O) groups excluding carboxylic acids is 1. The Labute approximate surface area is 113 Å². The lowest BCUT2D eigenvalue weighted by molar-refractivity contribution is -0.132. The maximum Gasteiger partial charge on any atom is 0.230 e. The Morgan fingerprint density at radius 3 is 3.00 bits per heavy atom. The van der Waals surface area contributed by atoms with Crippen LogP contribution in [0.15, 0.2) is 24.3 Å². The van der Waals surface area contributed by atoms with Crippen LogP contribution in [0.2, 0.25) is 0 Å². The number of benzene rings is 1. The Hall–Kier alpha value is -1.55. The van der Waals surface area contributed by atoms with Gasteiger partial charge < -0.3 is 15.4 Å². The van der Waals surface area contributed by atoms with Crippen LogP contribution < -0.4 is 10.5 Å². The number of hydrogen-bond donors (Lipinski definition) is 1. The first kappa shape index (κ1) is 12.5. The van der Waals surface area contributed by atoms with Gasteiger partial charge in [0.1, 0.15) is 5.75 Å². The minimum Gasteiger partial charge on any atom is -0.493 e. The molecule has 4 nitrogen and oxygen atoms in total. The molecule has 0 spiro atoms. The van der Waals surface area contributed by atoms with Crippen LogP contribution >= 0.6 is 0 Å². The van der Waals surface area contributed by atoms with Gasteiger partial charge in [0.05, 0.1) is 12.5 Å². The minimum absolute atomic E-state index is 0.0403. The van der Waals surface area contributed by atoms with E-state index >= 15 is 0 Å². The van der Waals surface area contributed by atoms with Gasteiger partial charge in [-0.05, 0) is 31.4 Å². The van der Waals surface area contributed by atoms with Crippen molar-refractivity contribution in [3.8, 4) is 5.75 Å². The Morgan fingerprint density at radius 2 is 2.21 bits per heavy atom. The average Bonchev–Trinajstić information content (AvgIpc) is 2.95. The maximum atomic E-state index is 12.7. The molecule has 1 aromatic rings. The van der Waals surface area contributed by atoms with Crippen molar-refractivity contribution in [2.45, 2.75) is 18.8 Å². The molecule has 4 heteroatoms. The summed E-state index contributed by atoms with van der Waals surface area (Å²) in [5.41, 5.74) is 6.73. The van der Waals surface area contributed by atoms with Crippen molar-refractivity contribution in [1.29, 1.82) is 0 Å². The number of rotatable bonds is 2. The molecule has 2 atom stereocenters. The number of carbonyl (C=O) groups is 1. The molecule has 102 valence electrons. The number of hydrogen-bond acceptors (Lipinski definition) is 3. The molecular formula is C15H20N2O2. The van der Waals surface area contributed by atoms with Crippen molar-refractivity contribution in [1.82, 2.24) is 4.90 Å². The Bertz CT molecular complexity index is 475. The molecule has 2 aliphatic rings. The number of ether oxygens (including phenoxy) is 1. The molecule has 2 aliphatic heterocycles. The lowest BCUT2D eigenvalue weighted by Crippen LogP contribution is -2.36. The minimum atomic E-state index is -0.0403. The third kappa shape index (κ3) is 2.32. The number of nitrogens with zero attached hydrogens (tertiary/aromatic N) is 1. The summed E-state index contributed by atoms with van der Waals surface area (Å²) >= 11 is 0. The highest BCUT2D eigenvalue weighted by molar-refractivity contribution is 5.85. The normalized spacial score (nSPS) is 25.8. The van der Waals surface area contributed by atoms with E-state index < -0.39 is 0 Å². The van der Waals surface area contributed by atoms with Crippen molar-refractivity contribution in [3.05, 3.63) is 29.8 Å². The zero-order valence-corrected chi connectivity index (χ0v) is 11.0. The molecule has 1 amide bonds. The van der Waals surface area contributed by atoms with Crippen LogP contribution in [-0.4, -0.2) is 37.0 Å². The molecule has 0 saturated carbocycles. The van der Waals surface area contributed by atoms with E-state index in [1.54, 1.807) is 0 Å². The second-order valence-electron chi connectivity index (χ2n) is 5.40. The monoisotopic (exact) mass is 260 g/mol. The Kier molecular flexibility index (Phi) is 3.42. The molecule has 0 aliphatic carbocycles. The topological polar surface area (TPSA) is 55.6 Å². The summed E-state index contributed by atoms with van der Waals surface area (Å²) in [5, 5.41) is 0. The van der Waals surface area contributed by atoms with Gasteiger partial charge >= 0.3 is 0 Å². The van der Waals surface area contributed by atoms with Crippen LogP contribution in [0.3, 0.4) is 0 Å². The second kappa shape index (κ2) is 5.21. The molecule has 19 heavy (non-hydrogen) atoms. The highest BCUT2D eigenvalue weighted by Crippen LogP contribution is 2.35. The summed E-state index contributed by atoms with van der Waals surface area (Å²) in [5.74, 6) is 1.54. The van der Waals surface area contributed by atoms with Crippen molar-refractivity contribution in [3.63, 3.8) is 0 Å². The SMILES string of the molecule is NC[C@@H]1CCN(C(=O)[C@H]2CCOc3ccccc32)C1. The van der Waals surface area contributed by atoms with E-state index in [4.69, 9.17) is 10.5 Å². The summed E-state index contributed by atoms with van der Waals surface area (Å²) in [7, 11) is 0. The second-order valence-corrected chi connectivity index (χ2v) is 5.40. The van der Waals surface area contributed by atoms with Gasteiger partial charge in [0.2, 0.25) is 5.91 Å². The van der Waals surface area contributed by atoms with E-state index in [0.717, 1.165) is 37.2 Å². The van der Waals surface area contributed by atoms with Crippen molar-refractivity contribution in [2.24, 2.45) is 11.7 Å². The Morgan fingerprint density at radius 1 is 1.37 bits per heavy atom. The van der Waals surface area contributed by atoms with Gasteiger partial charge in [-0.1, -0.05) is 18.2 Å². The van der Waals surface area contributed by atoms with Crippen LogP contribution in [0.1, 0.15) is 24.3 Å². The summed E-state index contributed by atoms with van der Waals surface area (Å²) in [6.45, 7) is 2.96. The lowest BCUT2D eigenvalue weighted by Gasteiger charge is -2.28. The van der Waals surface area contributed by atoms with Crippen LogP contribution in [0, 0.1) is 5.92 Å². The van der Waals surface area contributed by atoms with Gasteiger partial charge in [0.25, 0.3) is 0 Å². The molecule has 0 bridgehead atoms. The molecule has 2 N–H and O–H groups in total. The van der Waals surface area contributed by atoms with E-state index in [9.17, 15) is 4.79 Å². The van der Waals surface area contributed by atoms with Crippen LogP contribution in [0.5, 0.6) is 5.75 Å². The van der Waals surface area contributed by atoms with Gasteiger partial charge in [-0.2, -0.15) is 0 Å². The first-order valence-corrected chi connectivity index (χ1v) is 7.00. The van der Waals surface area contributed by atoms with E-state index in [2.05, 4.69) is 0 Å². The molecule has 0 radical (unpaired) electrons. The molecule has 3 rings (SSSR count). The third-order valence-electron chi connectivity index (χ3n) is 4.19. The number of nitrogens with two attached hydrogens (primary N) is 1. The molecule has 0 unspecified atom stereocenters. The molecule has 0 aromatic heterocycles. The van der Waals surface area contributed by atoms with Gasteiger partial charge in [0, 0.05) is 18.7 Å². The maximum absolute atomic E-state index is 12.7. The van der Waals surface area contributed by atoms with E-state index in [-0.39, 0.29) is 11.8 Å². The highest BCUT2D eigenvalue weighted by Gasteiger charge is 2.34.